The van der Waals surface area contributed by atoms with Crippen LogP contribution in [-0.2, 0) is 6.61 Å². The molecule has 82 valence electrons. The summed E-state index contributed by atoms with van der Waals surface area (Å²) in [6, 6.07) is 3.20. The zero-order valence-corrected chi connectivity index (χ0v) is 8.34. The first kappa shape index (κ1) is 10.3. The topological polar surface area (TPSA) is 105 Å². The number of nitrogens with one attached hydrogen (secondary N) is 1. The molecule has 4 N–H and O–H groups in total. The smallest absolute Gasteiger partial charge is 0.271 e. The van der Waals surface area contributed by atoms with Crippen molar-refractivity contribution in [3.05, 3.63) is 40.7 Å². The number of pyridine rings is 1. The molecule has 0 spiro atoms. The van der Waals surface area contributed by atoms with Gasteiger partial charge in [0.2, 0.25) is 0 Å². The molecule has 0 radical (unpaired) electrons. The van der Waals surface area contributed by atoms with Crippen LogP contribution in [-0.4, -0.2) is 20.1 Å². The molecule has 2 aromatic heterocycles. The highest BCUT2D eigenvalue weighted by Crippen LogP contribution is 2.15. The lowest BCUT2D eigenvalue weighted by Gasteiger charge is -2.02. The summed E-state index contributed by atoms with van der Waals surface area (Å²) in [5, 5.41) is 8.90. The van der Waals surface area contributed by atoms with E-state index in [1.54, 1.807) is 6.07 Å². The number of hydrogen-bond donors (Lipinski definition) is 3. The molecular weight excluding hydrogens is 208 g/mol. The lowest BCUT2D eigenvalue weighted by molar-refractivity contribution is 0.271. The van der Waals surface area contributed by atoms with Crippen molar-refractivity contribution in [3.63, 3.8) is 0 Å². The Balaban J connectivity index is 2.50. The zero-order chi connectivity index (χ0) is 11.5. The van der Waals surface area contributed by atoms with Gasteiger partial charge in [-0.3, -0.25) is 4.79 Å². The lowest BCUT2D eigenvalue weighted by atomic mass is 10.2. The third-order valence-electron chi connectivity index (χ3n) is 2.07. The molecule has 0 atom stereocenters. The molecule has 0 amide bonds. The summed E-state index contributed by atoms with van der Waals surface area (Å²) in [5.74, 6) is 0.322. The Bertz CT molecular complexity index is 565. The van der Waals surface area contributed by atoms with Crippen molar-refractivity contribution < 1.29 is 5.11 Å². The van der Waals surface area contributed by atoms with Crippen molar-refractivity contribution in [2.24, 2.45) is 0 Å². The summed E-state index contributed by atoms with van der Waals surface area (Å²) >= 11 is 0. The van der Waals surface area contributed by atoms with Crippen LogP contribution in [0.3, 0.4) is 0 Å². The molecule has 0 aliphatic heterocycles. The van der Waals surface area contributed by atoms with E-state index in [0.29, 0.717) is 17.1 Å². The molecule has 0 aliphatic carbocycles. The van der Waals surface area contributed by atoms with E-state index in [4.69, 9.17) is 10.8 Å². The quantitative estimate of drug-likeness (QED) is 0.653. The Morgan fingerprint density at radius 2 is 2.31 bits per heavy atom. The summed E-state index contributed by atoms with van der Waals surface area (Å²) in [4.78, 5) is 21.5. The fraction of sp³-hybridized carbons (Fsp3) is 0.100. The van der Waals surface area contributed by atoms with Crippen molar-refractivity contribution >= 4 is 5.69 Å². The van der Waals surface area contributed by atoms with E-state index in [9.17, 15) is 4.79 Å². The van der Waals surface area contributed by atoms with Crippen LogP contribution in [0.2, 0.25) is 0 Å². The average molecular weight is 218 g/mol. The molecule has 2 heterocycles. The second-order valence-electron chi connectivity index (χ2n) is 3.19. The predicted molar refractivity (Wildman–Crippen MR) is 58.4 cm³/mol. The van der Waals surface area contributed by atoms with Crippen molar-refractivity contribution in [1.29, 1.82) is 0 Å². The minimum Gasteiger partial charge on any atom is -0.394 e. The second kappa shape index (κ2) is 4.11. The molecule has 0 unspecified atom stereocenters. The van der Waals surface area contributed by atoms with Crippen LogP contribution in [0.15, 0.2) is 29.3 Å². The lowest BCUT2D eigenvalue weighted by Crippen LogP contribution is -2.10. The largest absolute Gasteiger partial charge is 0.394 e. The molecule has 0 saturated carbocycles. The number of H-pyrrole nitrogens is 1. The number of hydrogen-bond acceptors (Lipinski definition) is 5. The predicted octanol–water partition coefficient (Wildman–Crippen LogP) is -0.0936. The number of nitrogens with two attached hydrogens (primary N) is 1. The Labute approximate surface area is 90.8 Å². The van der Waals surface area contributed by atoms with Gasteiger partial charge in [0.1, 0.15) is 6.61 Å². The van der Waals surface area contributed by atoms with Crippen LogP contribution in [0, 0.1) is 0 Å². The van der Waals surface area contributed by atoms with Gasteiger partial charge in [-0.1, -0.05) is 0 Å². The fourth-order valence-corrected chi connectivity index (χ4v) is 1.29. The van der Waals surface area contributed by atoms with E-state index in [1.165, 1.54) is 18.5 Å². The van der Waals surface area contributed by atoms with Crippen LogP contribution in [0.4, 0.5) is 5.69 Å². The van der Waals surface area contributed by atoms with E-state index in [0.717, 1.165) is 0 Å². The van der Waals surface area contributed by atoms with E-state index in [-0.39, 0.29) is 17.9 Å². The SMILES string of the molecule is Nc1cc(-c2ccnc(CO)n2)c[nH]c1=O. The van der Waals surface area contributed by atoms with E-state index >= 15 is 0 Å². The summed E-state index contributed by atoms with van der Waals surface area (Å²) in [7, 11) is 0. The number of nitrogen functional groups attached to an aromatic ring is 1. The number of anilines is 1. The maximum absolute atomic E-state index is 11.1. The van der Waals surface area contributed by atoms with Crippen molar-refractivity contribution in [2.75, 3.05) is 5.73 Å². The molecule has 6 nitrogen and oxygen atoms in total. The third-order valence-corrected chi connectivity index (χ3v) is 2.07. The first-order valence-electron chi connectivity index (χ1n) is 4.62. The maximum Gasteiger partial charge on any atom is 0.271 e. The monoisotopic (exact) mass is 218 g/mol. The number of aromatic nitrogens is 3. The standard InChI is InChI=1S/C10H10N4O2/c11-7-3-6(4-13-10(7)16)8-1-2-12-9(5-15)14-8/h1-4,15H,5,11H2,(H,13,16). The first-order valence-corrected chi connectivity index (χ1v) is 4.62. The van der Waals surface area contributed by atoms with Crippen LogP contribution < -0.4 is 11.3 Å². The van der Waals surface area contributed by atoms with Crippen molar-refractivity contribution in [1.82, 2.24) is 15.0 Å². The van der Waals surface area contributed by atoms with Gasteiger partial charge in [-0.2, -0.15) is 0 Å². The minimum absolute atomic E-state index is 0.127. The van der Waals surface area contributed by atoms with Crippen molar-refractivity contribution in [3.8, 4) is 11.3 Å². The molecule has 2 rings (SSSR count). The first-order chi connectivity index (χ1) is 7.70. The molecule has 0 bridgehead atoms. The normalized spacial score (nSPS) is 10.3. The minimum atomic E-state index is -0.333. The van der Waals surface area contributed by atoms with Gasteiger partial charge >= 0.3 is 0 Å². The highest BCUT2D eigenvalue weighted by atomic mass is 16.3. The third kappa shape index (κ3) is 1.91. The fourth-order valence-electron chi connectivity index (χ4n) is 1.29. The Morgan fingerprint density at radius 3 is 3.00 bits per heavy atom. The Morgan fingerprint density at radius 1 is 1.50 bits per heavy atom. The number of rotatable bonds is 2. The van der Waals surface area contributed by atoms with Gasteiger partial charge < -0.3 is 15.8 Å². The molecule has 0 fully saturated rings. The summed E-state index contributed by atoms with van der Waals surface area (Å²) < 4.78 is 0. The second-order valence-corrected chi connectivity index (χ2v) is 3.19. The average Bonchev–Trinajstić information content (AvgIpc) is 2.33. The van der Waals surface area contributed by atoms with Gasteiger partial charge in [0, 0.05) is 18.0 Å². The van der Waals surface area contributed by atoms with Gasteiger partial charge in [0.05, 0.1) is 11.4 Å². The highest BCUT2D eigenvalue weighted by Gasteiger charge is 2.03. The van der Waals surface area contributed by atoms with Crippen LogP contribution in [0.5, 0.6) is 0 Å². The Kier molecular flexibility index (Phi) is 2.65. The van der Waals surface area contributed by atoms with Crippen molar-refractivity contribution in [2.45, 2.75) is 6.61 Å². The van der Waals surface area contributed by atoms with Crippen LogP contribution >= 0.6 is 0 Å². The Hall–Kier alpha value is -2.21. The van der Waals surface area contributed by atoms with Gasteiger partial charge in [0.25, 0.3) is 5.56 Å². The van der Waals surface area contributed by atoms with Gasteiger partial charge in [0.15, 0.2) is 5.82 Å². The number of aliphatic hydroxyl groups is 1. The summed E-state index contributed by atoms with van der Waals surface area (Å²) in [6.45, 7) is -0.229. The van der Waals surface area contributed by atoms with Gasteiger partial charge in [-0.05, 0) is 12.1 Å². The van der Waals surface area contributed by atoms with E-state index in [2.05, 4.69) is 15.0 Å². The van der Waals surface area contributed by atoms with Gasteiger partial charge in [-0.25, -0.2) is 9.97 Å². The number of aliphatic hydroxyl groups excluding tert-OH is 1. The van der Waals surface area contributed by atoms with Crippen LogP contribution in [0.1, 0.15) is 5.82 Å². The summed E-state index contributed by atoms with van der Waals surface area (Å²) in [5.41, 5.74) is 6.56. The van der Waals surface area contributed by atoms with E-state index in [1.807, 2.05) is 0 Å². The van der Waals surface area contributed by atoms with E-state index < -0.39 is 0 Å². The number of nitrogens with zero attached hydrogens (tertiary/aromatic N) is 2. The maximum atomic E-state index is 11.1. The molecule has 0 saturated heterocycles. The molecule has 0 aliphatic rings. The molecular formula is C10H10N4O2. The molecule has 16 heavy (non-hydrogen) atoms. The van der Waals surface area contributed by atoms with Gasteiger partial charge in [-0.15, -0.1) is 0 Å². The zero-order valence-electron chi connectivity index (χ0n) is 8.34. The van der Waals surface area contributed by atoms with Crippen LogP contribution in [0.25, 0.3) is 11.3 Å². The molecule has 6 heteroatoms. The highest BCUT2D eigenvalue weighted by molar-refractivity contribution is 5.61. The molecule has 2 aromatic rings. The molecule has 0 aromatic carbocycles. The summed E-state index contributed by atoms with van der Waals surface area (Å²) in [6.07, 6.45) is 3.05. The number of aromatic amines is 1.